The zero-order valence-electron chi connectivity index (χ0n) is 35.3. The summed E-state index contributed by atoms with van der Waals surface area (Å²) in [5.41, 5.74) is 0. The first-order valence-corrected chi connectivity index (χ1v) is 22.6. The van der Waals surface area contributed by atoms with Crippen LogP contribution in [-0.4, -0.2) is 215 Å². The van der Waals surface area contributed by atoms with Crippen molar-refractivity contribution < 1.29 is 104 Å². The van der Waals surface area contributed by atoms with Crippen LogP contribution in [0.2, 0.25) is 0 Å². The average Bonchev–Trinajstić information content (AvgIpc) is 3.26. The molecule has 7 fully saturated rings. The molecular formula is C42H68O21. The molecule has 0 aromatic rings. The smallest absolute Gasteiger partial charge is 0.330 e. The van der Waals surface area contributed by atoms with E-state index in [-0.39, 0.29) is 37.2 Å². The van der Waals surface area contributed by atoms with Gasteiger partial charge < -0.3 is 99.2 Å². The van der Waals surface area contributed by atoms with Gasteiger partial charge in [-0.15, -0.1) is 0 Å². The maximum atomic E-state index is 12.6. The van der Waals surface area contributed by atoms with Crippen LogP contribution in [0, 0.1) is 17.8 Å². The predicted molar refractivity (Wildman–Crippen MR) is 209 cm³/mol. The van der Waals surface area contributed by atoms with E-state index in [1.54, 1.807) is 6.08 Å². The molecule has 0 radical (unpaired) electrons. The Labute approximate surface area is 365 Å². The van der Waals surface area contributed by atoms with Crippen LogP contribution in [-0.2, 0) is 42.7 Å². The Kier molecular flexibility index (Phi) is 16.9. The fraction of sp³-hybridized carbons (Fsp3) is 0.929. The number of carbonyl (C=O) groups is 1. The second-order valence-electron chi connectivity index (χ2n) is 18.6. The molecule has 21 nitrogen and oxygen atoms in total. The van der Waals surface area contributed by atoms with E-state index in [0.29, 0.717) is 38.5 Å². The van der Waals surface area contributed by atoms with Gasteiger partial charge in [-0.1, -0.05) is 6.08 Å². The van der Waals surface area contributed by atoms with Gasteiger partial charge in [-0.05, 0) is 83.0 Å². The van der Waals surface area contributed by atoms with Gasteiger partial charge in [0.2, 0.25) is 0 Å². The van der Waals surface area contributed by atoms with Crippen molar-refractivity contribution >= 4 is 5.97 Å². The number of aliphatic hydroxyl groups is 12. The fourth-order valence-electron chi connectivity index (χ4n) is 10.4. The van der Waals surface area contributed by atoms with Gasteiger partial charge >= 0.3 is 5.97 Å². The van der Waals surface area contributed by atoms with Gasteiger partial charge in [-0.2, -0.15) is 0 Å². The molecule has 21 atom stereocenters. The van der Waals surface area contributed by atoms with Crippen molar-refractivity contribution in [2.24, 2.45) is 17.8 Å². The zero-order chi connectivity index (χ0) is 45.3. The second-order valence-corrected chi connectivity index (χ2v) is 18.6. The van der Waals surface area contributed by atoms with Crippen LogP contribution >= 0.6 is 0 Å². The monoisotopic (exact) mass is 908 g/mol. The van der Waals surface area contributed by atoms with E-state index >= 15 is 0 Å². The van der Waals surface area contributed by atoms with Gasteiger partial charge in [0.1, 0.15) is 61.0 Å². The lowest BCUT2D eigenvalue weighted by Crippen LogP contribution is -2.63. The highest BCUT2D eigenvalue weighted by atomic mass is 16.7. The SMILES string of the molecule is C[C@@H]1O[C@@H](OC[C@H]2O[C@@H](OC3CC4C(CC(O)CC4O[C@@H]4O[C@H](CO)[C@@H](O)[C@H](O)[C@H]4O)OC3C3CCC(O)CC3)[C@H](O)[C@@H](O)[C@@H]2O)[C@H](O)[C@H](O)[C@H]1OC(=O)C=CC1CCC(O)CC1. The van der Waals surface area contributed by atoms with Gasteiger partial charge in [0.25, 0.3) is 0 Å². The maximum absolute atomic E-state index is 12.6. The summed E-state index contributed by atoms with van der Waals surface area (Å²) in [5.74, 6) is -1.32. The normalized spacial score (nSPS) is 51.1. The first-order valence-electron chi connectivity index (χ1n) is 22.6. The lowest BCUT2D eigenvalue weighted by Gasteiger charge is -2.52. The third-order valence-corrected chi connectivity index (χ3v) is 14.2. The summed E-state index contributed by atoms with van der Waals surface area (Å²) < 4.78 is 48.0. The lowest BCUT2D eigenvalue weighted by molar-refractivity contribution is -0.351. The van der Waals surface area contributed by atoms with Crippen molar-refractivity contribution in [1.29, 1.82) is 0 Å². The number of aliphatic hydroxyl groups excluding tert-OH is 12. The number of hydrogen-bond acceptors (Lipinski definition) is 21. The van der Waals surface area contributed by atoms with Crippen molar-refractivity contribution in [2.45, 2.75) is 212 Å². The summed E-state index contributed by atoms with van der Waals surface area (Å²) in [5, 5.41) is 127. The standard InChI is InChI=1S/C42H68O21/c1-17-38(63-29(47)11-4-18-2-7-20(44)8-3-18)34(52)37(55)40(57-17)56-16-28-31(49)33(51)36(54)42(62-28)60-26-14-23-24(58-39(26)19-5-9-21(45)10-6-19)12-22(46)13-25(23)59-41-35(53)32(50)30(48)27(15-43)61-41/h4,11,17-28,30-46,48-55H,2-3,5-10,12-16H2,1H3/t17-,18?,19?,20?,21?,22?,23?,24?,25?,26?,27+,28+,30+,31+,32-,33-,34-,35+,36+,37+,38-,39?,40+,41+,42+/m0/s1. The van der Waals surface area contributed by atoms with Crippen LogP contribution in [0.1, 0.15) is 77.6 Å². The highest BCUT2D eigenvalue weighted by Gasteiger charge is 2.54. The van der Waals surface area contributed by atoms with Crippen LogP contribution in [0.3, 0.4) is 0 Å². The van der Waals surface area contributed by atoms with E-state index in [1.807, 2.05) is 0 Å². The molecular weight excluding hydrogens is 840 g/mol. The topological polar surface area (TPSA) is 334 Å². The first-order chi connectivity index (χ1) is 30.0. The van der Waals surface area contributed by atoms with Crippen molar-refractivity contribution in [3.8, 4) is 0 Å². The third kappa shape index (κ3) is 11.4. The van der Waals surface area contributed by atoms with Gasteiger partial charge in [-0.25, -0.2) is 4.79 Å². The number of hydrogen-bond donors (Lipinski definition) is 12. The van der Waals surface area contributed by atoms with Crippen LogP contribution in [0.4, 0.5) is 0 Å². The molecule has 0 aromatic heterocycles. The summed E-state index contributed by atoms with van der Waals surface area (Å²) in [6, 6.07) is 0. The minimum Gasteiger partial charge on any atom is -0.454 e. The second kappa shape index (κ2) is 21.6. The van der Waals surface area contributed by atoms with E-state index in [9.17, 15) is 66.1 Å². The van der Waals surface area contributed by atoms with Crippen LogP contribution in [0.25, 0.3) is 0 Å². The number of rotatable bonds is 12. The summed E-state index contributed by atoms with van der Waals surface area (Å²) in [6.07, 6.45) is -19.5. The largest absolute Gasteiger partial charge is 0.454 e. The van der Waals surface area contributed by atoms with Crippen LogP contribution < -0.4 is 0 Å². The van der Waals surface area contributed by atoms with Crippen LogP contribution in [0.5, 0.6) is 0 Å². The van der Waals surface area contributed by atoms with Gasteiger partial charge in [0.05, 0.1) is 62.0 Å². The van der Waals surface area contributed by atoms with E-state index in [0.717, 1.165) is 12.8 Å². The predicted octanol–water partition coefficient (Wildman–Crippen LogP) is -3.65. The Hall–Kier alpha value is -1.55. The van der Waals surface area contributed by atoms with E-state index < -0.39 is 154 Å². The molecule has 0 amide bonds. The van der Waals surface area contributed by atoms with Gasteiger partial charge in [-0.3, -0.25) is 0 Å². The molecule has 4 aliphatic heterocycles. The zero-order valence-corrected chi connectivity index (χ0v) is 35.3. The minimum atomic E-state index is -1.80. The maximum Gasteiger partial charge on any atom is 0.330 e. The molecule has 63 heavy (non-hydrogen) atoms. The Balaban J connectivity index is 1.00. The first kappa shape index (κ1) is 49.4. The molecule has 6 unspecified atom stereocenters. The van der Waals surface area contributed by atoms with Crippen molar-refractivity contribution in [1.82, 2.24) is 0 Å². The van der Waals surface area contributed by atoms with Crippen LogP contribution in [0.15, 0.2) is 12.2 Å². The number of ether oxygens (including phenoxy) is 8. The Morgan fingerprint density at radius 2 is 1.16 bits per heavy atom. The van der Waals surface area contributed by atoms with E-state index in [4.69, 9.17) is 37.9 Å². The molecule has 0 spiro atoms. The molecule has 0 aromatic carbocycles. The summed E-state index contributed by atoms with van der Waals surface area (Å²) in [7, 11) is 0. The van der Waals surface area contributed by atoms with Crippen molar-refractivity contribution in [2.75, 3.05) is 13.2 Å². The van der Waals surface area contributed by atoms with E-state index in [2.05, 4.69) is 0 Å². The molecule has 7 aliphatic rings. The number of fused-ring (bicyclic) bond motifs is 1. The van der Waals surface area contributed by atoms with Gasteiger partial charge in [0, 0.05) is 18.4 Å². The lowest BCUT2D eigenvalue weighted by atomic mass is 9.73. The molecule has 3 saturated carbocycles. The third-order valence-electron chi connectivity index (χ3n) is 14.2. The molecule has 4 saturated heterocycles. The molecule has 21 heteroatoms. The molecule has 362 valence electrons. The molecule has 7 rings (SSSR count). The van der Waals surface area contributed by atoms with Gasteiger partial charge in [0.15, 0.2) is 25.0 Å². The Morgan fingerprint density at radius 3 is 1.79 bits per heavy atom. The molecule has 0 bridgehead atoms. The average molecular weight is 909 g/mol. The quantitative estimate of drug-likeness (QED) is 0.0663. The number of esters is 1. The highest BCUT2D eigenvalue weighted by molar-refractivity contribution is 5.82. The van der Waals surface area contributed by atoms with Crippen molar-refractivity contribution in [3.05, 3.63) is 12.2 Å². The fourth-order valence-corrected chi connectivity index (χ4v) is 10.4. The summed E-state index contributed by atoms with van der Waals surface area (Å²) in [4.78, 5) is 12.6. The Bertz CT molecular complexity index is 1470. The number of carbonyl (C=O) groups excluding carboxylic acids is 1. The highest BCUT2D eigenvalue weighted by Crippen LogP contribution is 2.45. The summed E-state index contributed by atoms with van der Waals surface area (Å²) >= 11 is 0. The molecule has 4 heterocycles. The minimum absolute atomic E-state index is 0.0644. The summed E-state index contributed by atoms with van der Waals surface area (Å²) in [6.45, 7) is 0.313. The van der Waals surface area contributed by atoms with Crippen molar-refractivity contribution in [3.63, 3.8) is 0 Å². The number of allylic oxidation sites excluding steroid dienone is 1. The van der Waals surface area contributed by atoms with E-state index in [1.165, 1.54) is 13.0 Å². The Morgan fingerprint density at radius 1 is 0.587 bits per heavy atom. The molecule has 3 aliphatic carbocycles. The molecule has 12 N–H and O–H groups in total.